The summed E-state index contributed by atoms with van der Waals surface area (Å²) in [5.41, 5.74) is -2.22. The molecule has 1 saturated heterocycles. The molecule has 0 radical (unpaired) electrons. The first-order valence-corrected chi connectivity index (χ1v) is 8.97. The predicted molar refractivity (Wildman–Crippen MR) is 91.1 cm³/mol. The lowest BCUT2D eigenvalue weighted by Crippen LogP contribution is -2.40. The van der Waals surface area contributed by atoms with Gasteiger partial charge in [-0.2, -0.15) is 0 Å². The normalized spacial score (nSPS) is 25.8. The van der Waals surface area contributed by atoms with Crippen molar-refractivity contribution >= 4 is 27.9 Å². The number of hydrogen-bond donors (Lipinski definition) is 2. The van der Waals surface area contributed by atoms with Gasteiger partial charge in [-0.1, -0.05) is 15.9 Å². The number of aromatic amines is 1. The molecule has 1 aliphatic heterocycles. The molecule has 27 heavy (non-hydrogen) atoms. The number of nitrogens with one attached hydrogen (secondary N) is 1. The highest BCUT2D eigenvalue weighted by Gasteiger charge is 2.48. The van der Waals surface area contributed by atoms with E-state index in [2.05, 4.69) is 15.9 Å². The van der Waals surface area contributed by atoms with Crippen LogP contribution in [0, 0.1) is 0 Å². The van der Waals surface area contributed by atoms with Gasteiger partial charge in [0.05, 0.1) is 5.56 Å². The Morgan fingerprint density at radius 1 is 1.41 bits per heavy atom. The Bertz CT molecular complexity index is 825. The van der Waals surface area contributed by atoms with E-state index >= 15 is 0 Å². The van der Waals surface area contributed by atoms with Crippen molar-refractivity contribution in [2.24, 2.45) is 0 Å². The third-order valence-electron chi connectivity index (χ3n) is 3.80. The van der Waals surface area contributed by atoms with E-state index in [4.69, 9.17) is 14.2 Å². The summed E-state index contributed by atoms with van der Waals surface area (Å²) in [5, 5.41) is 10.3. The van der Waals surface area contributed by atoms with Crippen LogP contribution in [0.25, 0.3) is 0 Å². The summed E-state index contributed by atoms with van der Waals surface area (Å²) < 4.78 is 30.1. The van der Waals surface area contributed by atoms with Crippen molar-refractivity contribution in [1.29, 1.82) is 0 Å². The Hall–Kier alpha value is -2.05. The smallest absolute Gasteiger partial charge is 0.330 e. The number of ether oxygens (including phenoxy) is 3. The number of nitrogens with zero attached hydrogens (tertiary/aromatic N) is 1. The average molecular weight is 453 g/mol. The minimum atomic E-state index is -1.71. The SMILES string of the molecule is CC(=O)OC[C@H]1O[C@@H](n2cc(C(F)CBr)c(=O)[nH]c2=O)[C@H](O)[C@@H]1OC(C)=O. The first-order valence-electron chi connectivity index (χ1n) is 7.85. The highest BCUT2D eigenvalue weighted by molar-refractivity contribution is 9.09. The Labute approximate surface area is 160 Å². The largest absolute Gasteiger partial charge is 0.463 e. The molecule has 0 saturated carbocycles. The molecule has 1 aromatic heterocycles. The van der Waals surface area contributed by atoms with E-state index in [1.165, 1.54) is 0 Å². The number of aliphatic hydroxyl groups is 1. The van der Waals surface area contributed by atoms with Gasteiger partial charge >= 0.3 is 17.6 Å². The summed E-state index contributed by atoms with van der Waals surface area (Å²) in [4.78, 5) is 48.2. The predicted octanol–water partition coefficient (Wildman–Crippen LogP) is -0.305. The molecule has 2 N–H and O–H groups in total. The molecule has 1 fully saturated rings. The van der Waals surface area contributed by atoms with Crippen LogP contribution in [0.3, 0.4) is 0 Å². The molecule has 2 rings (SSSR count). The monoisotopic (exact) mass is 452 g/mol. The van der Waals surface area contributed by atoms with E-state index in [0.717, 1.165) is 24.6 Å². The van der Waals surface area contributed by atoms with Crippen molar-refractivity contribution in [2.75, 3.05) is 11.9 Å². The van der Waals surface area contributed by atoms with Crippen LogP contribution in [-0.4, -0.2) is 56.8 Å². The van der Waals surface area contributed by atoms with Crippen LogP contribution in [0.5, 0.6) is 0 Å². The molecule has 10 nitrogen and oxygen atoms in total. The zero-order chi connectivity index (χ0) is 20.3. The lowest BCUT2D eigenvalue weighted by molar-refractivity contribution is -0.157. The second-order valence-corrected chi connectivity index (χ2v) is 6.45. The summed E-state index contributed by atoms with van der Waals surface area (Å²) >= 11 is 2.90. The van der Waals surface area contributed by atoms with E-state index < -0.39 is 53.9 Å². The molecule has 0 bridgehead atoms. The number of rotatable bonds is 6. The topological polar surface area (TPSA) is 137 Å². The Morgan fingerprint density at radius 2 is 2.07 bits per heavy atom. The summed E-state index contributed by atoms with van der Waals surface area (Å²) in [6.07, 6.45) is -6.03. The molecular weight excluding hydrogens is 435 g/mol. The van der Waals surface area contributed by atoms with Gasteiger partial charge in [0, 0.05) is 25.4 Å². The molecule has 0 amide bonds. The molecular formula is C15H18BrFN2O8. The summed E-state index contributed by atoms with van der Waals surface area (Å²) in [7, 11) is 0. The third-order valence-corrected chi connectivity index (χ3v) is 4.37. The van der Waals surface area contributed by atoms with Gasteiger partial charge < -0.3 is 19.3 Å². The number of esters is 2. The van der Waals surface area contributed by atoms with Gasteiger partial charge in [-0.05, 0) is 0 Å². The lowest BCUT2D eigenvalue weighted by Gasteiger charge is -2.20. The van der Waals surface area contributed by atoms with Crippen molar-refractivity contribution < 1.29 is 33.3 Å². The highest BCUT2D eigenvalue weighted by atomic mass is 79.9. The van der Waals surface area contributed by atoms with Gasteiger partial charge in [0.2, 0.25) is 0 Å². The van der Waals surface area contributed by atoms with Gasteiger partial charge in [-0.3, -0.25) is 23.9 Å². The Kier molecular flexibility index (Phi) is 6.89. The number of H-pyrrole nitrogens is 1. The third kappa shape index (κ3) is 4.82. The van der Waals surface area contributed by atoms with Crippen molar-refractivity contribution in [2.45, 2.75) is 44.6 Å². The molecule has 0 spiro atoms. The van der Waals surface area contributed by atoms with Crippen LogP contribution in [0.4, 0.5) is 4.39 Å². The molecule has 5 atom stereocenters. The molecule has 1 aliphatic rings. The fourth-order valence-electron chi connectivity index (χ4n) is 2.62. The van der Waals surface area contributed by atoms with Crippen molar-refractivity contribution in [1.82, 2.24) is 9.55 Å². The number of halogens is 2. The maximum atomic E-state index is 13.9. The average Bonchev–Trinajstić information content (AvgIpc) is 2.88. The van der Waals surface area contributed by atoms with Crippen LogP contribution in [-0.2, 0) is 23.8 Å². The van der Waals surface area contributed by atoms with Gasteiger partial charge in [-0.25, -0.2) is 9.18 Å². The maximum Gasteiger partial charge on any atom is 0.330 e. The summed E-state index contributed by atoms with van der Waals surface area (Å²) in [6.45, 7) is 1.92. The van der Waals surface area contributed by atoms with E-state index in [0.29, 0.717) is 0 Å². The zero-order valence-electron chi connectivity index (χ0n) is 14.4. The van der Waals surface area contributed by atoms with Gasteiger partial charge in [0.15, 0.2) is 12.3 Å². The molecule has 1 aromatic rings. The van der Waals surface area contributed by atoms with Crippen molar-refractivity contribution in [3.63, 3.8) is 0 Å². The Balaban J connectivity index is 2.39. The summed E-state index contributed by atoms with van der Waals surface area (Å²) in [6, 6.07) is 0. The minimum Gasteiger partial charge on any atom is -0.463 e. The number of carbonyl (C=O) groups is 2. The molecule has 1 unspecified atom stereocenters. The highest BCUT2D eigenvalue weighted by Crippen LogP contribution is 2.31. The van der Waals surface area contributed by atoms with E-state index in [-0.39, 0.29) is 17.5 Å². The maximum absolute atomic E-state index is 13.9. The number of carbonyl (C=O) groups excluding carboxylic acids is 2. The minimum absolute atomic E-state index is 0.187. The molecule has 12 heteroatoms. The molecule has 2 heterocycles. The van der Waals surface area contributed by atoms with Crippen LogP contribution >= 0.6 is 15.9 Å². The van der Waals surface area contributed by atoms with E-state index in [1.807, 2.05) is 4.98 Å². The van der Waals surface area contributed by atoms with Crippen LogP contribution < -0.4 is 11.2 Å². The molecule has 0 aromatic carbocycles. The van der Waals surface area contributed by atoms with Gasteiger partial charge in [0.1, 0.15) is 25.0 Å². The Morgan fingerprint density at radius 3 is 2.63 bits per heavy atom. The first kappa shape index (κ1) is 21.3. The van der Waals surface area contributed by atoms with Gasteiger partial charge in [0.25, 0.3) is 5.56 Å². The zero-order valence-corrected chi connectivity index (χ0v) is 16.0. The number of aliphatic hydroxyl groups excluding tert-OH is 1. The fourth-order valence-corrected chi connectivity index (χ4v) is 2.97. The number of alkyl halides is 2. The fraction of sp³-hybridized carbons (Fsp3) is 0.600. The van der Waals surface area contributed by atoms with Crippen LogP contribution in [0.1, 0.15) is 31.8 Å². The van der Waals surface area contributed by atoms with E-state index in [1.54, 1.807) is 0 Å². The quantitative estimate of drug-likeness (QED) is 0.443. The van der Waals surface area contributed by atoms with Gasteiger partial charge in [-0.15, -0.1) is 0 Å². The first-order chi connectivity index (χ1) is 12.6. The number of hydrogen-bond acceptors (Lipinski definition) is 8. The van der Waals surface area contributed by atoms with Crippen molar-refractivity contribution in [3.05, 3.63) is 32.6 Å². The van der Waals surface area contributed by atoms with Crippen molar-refractivity contribution in [3.8, 4) is 0 Å². The number of aromatic nitrogens is 2. The standard InChI is InChI=1S/C15H18BrFN2O8/c1-6(20)25-5-10-12(26-7(2)21)11(22)14(27-10)19-4-8(9(17)3-16)13(23)18-15(19)24/h4,9-12,14,22H,3,5H2,1-2H3,(H,18,23,24)/t9?,10-,11-,12-,14-/m1/s1. The van der Waals surface area contributed by atoms with Crippen LogP contribution in [0.2, 0.25) is 0 Å². The molecule has 150 valence electrons. The van der Waals surface area contributed by atoms with Crippen LogP contribution in [0.15, 0.2) is 15.8 Å². The lowest BCUT2D eigenvalue weighted by atomic mass is 10.1. The molecule has 0 aliphatic carbocycles. The second-order valence-electron chi connectivity index (χ2n) is 5.81. The second kappa shape index (κ2) is 8.76. The van der Waals surface area contributed by atoms with E-state index in [9.17, 15) is 28.7 Å². The summed E-state index contributed by atoms with van der Waals surface area (Å²) in [5.74, 6) is -1.35.